The lowest BCUT2D eigenvalue weighted by Gasteiger charge is -2.05. The molecule has 0 N–H and O–H groups in total. The number of rotatable bonds is 4. The molecule has 158 valence electrons. The van der Waals surface area contributed by atoms with E-state index >= 15 is 0 Å². The number of nitro groups is 1. The molecule has 4 rings (SSSR count). The van der Waals surface area contributed by atoms with Gasteiger partial charge in [0, 0.05) is 22.2 Å². The lowest BCUT2D eigenvalue weighted by atomic mass is 10.1. The Morgan fingerprint density at radius 2 is 1.84 bits per heavy atom. The minimum atomic E-state index is -0.472. The summed E-state index contributed by atoms with van der Waals surface area (Å²) < 4.78 is 8.15. The van der Waals surface area contributed by atoms with E-state index in [4.69, 9.17) is 4.74 Å². The van der Waals surface area contributed by atoms with Gasteiger partial charge in [-0.05, 0) is 49.2 Å². The van der Waals surface area contributed by atoms with Gasteiger partial charge in [-0.1, -0.05) is 11.3 Å². The van der Waals surface area contributed by atoms with Crippen LogP contribution in [0.1, 0.15) is 20.8 Å². The maximum Gasteiger partial charge on any atom is 0.325 e. The zero-order valence-corrected chi connectivity index (χ0v) is 18.5. The highest BCUT2D eigenvalue weighted by Crippen LogP contribution is 2.29. The third-order valence-electron chi connectivity index (χ3n) is 4.93. The molecule has 0 atom stereocenters. The summed E-state index contributed by atoms with van der Waals surface area (Å²) in [5, 5.41) is 11.6. The lowest BCUT2D eigenvalue weighted by molar-refractivity contribution is -0.384. The van der Waals surface area contributed by atoms with Gasteiger partial charge in [0.15, 0.2) is 4.80 Å². The average Bonchev–Trinajstić information content (AvgIpc) is 3.29. The molecule has 0 aliphatic heterocycles. The molecule has 0 radical (unpaired) electrons. The van der Waals surface area contributed by atoms with Crippen LogP contribution in [0.25, 0.3) is 20.3 Å². The summed E-state index contributed by atoms with van der Waals surface area (Å²) in [6, 6.07) is 10.0. The molecule has 0 bridgehead atoms. The summed E-state index contributed by atoms with van der Waals surface area (Å²) in [6.45, 7) is 3.91. The number of ether oxygens (including phenoxy) is 1. The Balaban J connectivity index is 1.83. The molecule has 2 aromatic heterocycles. The van der Waals surface area contributed by atoms with E-state index in [-0.39, 0.29) is 12.2 Å². The second-order valence-corrected chi connectivity index (χ2v) is 9.05. The Morgan fingerprint density at radius 3 is 2.55 bits per heavy atom. The number of carbonyl (C=O) groups is 2. The van der Waals surface area contributed by atoms with Crippen LogP contribution in [0, 0.1) is 24.0 Å². The van der Waals surface area contributed by atoms with Crippen molar-refractivity contribution in [3.05, 3.63) is 67.3 Å². The van der Waals surface area contributed by atoms with Gasteiger partial charge >= 0.3 is 5.97 Å². The number of nitrogens with zero attached hydrogens (tertiary/aromatic N) is 3. The van der Waals surface area contributed by atoms with Crippen molar-refractivity contribution in [1.29, 1.82) is 0 Å². The molecule has 10 heteroatoms. The highest BCUT2D eigenvalue weighted by molar-refractivity contribution is 7.21. The number of aromatic nitrogens is 1. The zero-order chi connectivity index (χ0) is 22.3. The quantitative estimate of drug-likeness (QED) is 0.258. The van der Waals surface area contributed by atoms with Crippen molar-refractivity contribution in [1.82, 2.24) is 4.57 Å². The van der Waals surface area contributed by atoms with E-state index in [2.05, 4.69) is 4.99 Å². The minimum absolute atomic E-state index is 0.0348. The number of amides is 1. The summed E-state index contributed by atoms with van der Waals surface area (Å²) in [6.07, 6.45) is 0. The SMILES string of the molecule is COC(=O)Cn1c(=NC(=O)c2cc3cc([N+](=O)[O-])ccc3s2)sc2cc(C)c(C)cc21. The van der Waals surface area contributed by atoms with Gasteiger partial charge in [0.2, 0.25) is 0 Å². The number of benzene rings is 2. The monoisotopic (exact) mass is 455 g/mol. The van der Waals surface area contributed by atoms with Crippen LogP contribution >= 0.6 is 22.7 Å². The van der Waals surface area contributed by atoms with Crippen molar-refractivity contribution in [2.75, 3.05) is 7.11 Å². The Morgan fingerprint density at radius 1 is 1.10 bits per heavy atom. The highest BCUT2D eigenvalue weighted by atomic mass is 32.1. The normalized spacial score (nSPS) is 11.9. The van der Waals surface area contributed by atoms with Gasteiger partial charge in [0.05, 0.1) is 27.1 Å². The Hall–Kier alpha value is -3.37. The summed E-state index contributed by atoms with van der Waals surface area (Å²) >= 11 is 2.54. The van der Waals surface area contributed by atoms with E-state index in [0.717, 1.165) is 26.0 Å². The number of thiophene rings is 1. The van der Waals surface area contributed by atoms with E-state index in [0.29, 0.717) is 15.1 Å². The van der Waals surface area contributed by atoms with E-state index in [1.807, 2.05) is 26.0 Å². The van der Waals surface area contributed by atoms with Crippen LogP contribution in [0.15, 0.2) is 41.4 Å². The standard InChI is InChI=1S/C21H17N3O5S2/c1-11-6-15-17(7-12(11)2)31-21(23(15)10-19(25)29-3)22-20(26)18-9-13-8-14(24(27)28)4-5-16(13)30-18/h4-9H,10H2,1-3H3. The van der Waals surface area contributed by atoms with Crippen LogP contribution < -0.4 is 4.80 Å². The number of fused-ring (bicyclic) bond motifs is 2. The van der Waals surface area contributed by atoms with Gasteiger partial charge < -0.3 is 9.30 Å². The van der Waals surface area contributed by atoms with Crippen LogP contribution in [0.5, 0.6) is 0 Å². The lowest BCUT2D eigenvalue weighted by Crippen LogP contribution is -2.22. The molecule has 31 heavy (non-hydrogen) atoms. The molecule has 4 aromatic rings. The van der Waals surface area contributed by atoms with Gasteiger partial charge in [0.25, 0.3) is 11.6 Å². The first-order valence-corrected chi connectivity index (χ1v) is 10.8. The summed E-state index contributed by atoms with van der Waals surface area (Å²) in [5.41, 5.74) is 2.93. The van der Waals surface area contributed by atoms with Gasteiger partial charge in [-0.3, -0.25) is 19.7 Å². The van der Waals surface area contributed by atoms with Crippen LogP contribution in [0.4, 0.5) is 5.69 Å². The number of hydrogen-bond donors (Lipinski definition) is 0. The predicted octanol–water partition coefficient (Wildman–Crippen LogP) is 4.36. The number of carbonyl (C=O) groups excluding carboxylic acids is 2. The number of aryl methyl sites for hydroxylation is 2. The van der Waals surface area contributed by atoms with Crippen LogP contribution in [-0.4, -0.2) is 28.5 Å². The largest absolute Gasteiger partial charge is 0.468 e. The summed E-state index contributed by atoms with van der Waals surface area (Å²) in [7, 11) is 1.31. The maximum atomic E-state index is 12.9. The third kappa shape index (κ3) is 3.99. The van der Waals surface area contributed by atoms with Crippen LogP contribution in [-0.2, 0) is 16.1 Å². The maximum absolute atomic E-state index is 12.9. The number of hydrogen-bond acceptors (Lipinski definition) is 7. The first-order valence-electron chi connectivity index (χ1n) is 9.21. The molecule has 2 heterocycles. The van der Waals surface area contributed by atoms with E-state index in [1.165, 1.54) is 41.9 Å². The molecule has 0 unspecified atom stereocenters. The van der Waals surface area contributed by atoms with E-state index < -0.39 is 16.8 Å². The van der Waals surface area contributed by atoms with Gasteiger partial charge in [-0.15, -0.1) is 11.3 Å². The first kappa shape index (κ1) is 20.9. The van der Waals surface area contributed by atoms with E-state index in [1.54, 1.807) is 16.7 Å². The van der Waals surface area contributed by atoms with Gasteiger partial charge in [-0.2, -0.15) is 4.99 Å². The molecule has 0 fully saturated rings. The fourth-order valence-corrected chi connectivity index (χ4v) is 5.18. The summed E-state index contributed by atoms with van der Waals surface area (Å²) in [4.78, 5) is 40.4. The van der Waals surface area contributed by atoms with Crippen molar-refractivity contribution < 1.29 is 19.2 Å². The van der Waals surface area contributed by atoms with Gasteiger partial charge in [-0.25, -0.2) is 0 Å². The Kier molecular flexibility index (Phi) is 5.42. The molecule has 8 nitrogen and oxygen atoms in total. The molecule has 0 aliphatic rings. The molecule has 2 aromatic carbocycles. The van der Waals surface area contributed by atoms with Crippen molar-refractivity contribution in [3.8, 4) is 0 Å². The van der Waals surface area contributed by atoms with Crippen LogP contribution in [0.3, 0.4) is 0 Å². The molecular formula is C21H17N3O5S2. The molecule has 1 amide bonds. The molecule has 0 saturated carbocycles. The molecule has 0 aliphatic carbocycles. The smallest absolute Gasteiger partial charge is 0.325 e. The topological polar surface area (TPSA) is 104 Å². The second-order valence-electron chi connectivity index (χ2n) is 6.96. The number of methoxy groups -OCH3 is 1. The van der Waals surface area contributed by atoms with Crippen LogP contribution in [0.2, 0.25) is 0 Å². The fourth-order valence-electron chi connectivity index (χ4n) is 3.14. The first-order chi connectivity index (χ1) is 14.8. The van der Waals surface area contributed by atoms with Crippen molar-refractivity contribution in [2.45, 2.75) is 20.4 Å². The molecular weight excluding hydrogens is 438 g/mol. The zero-order valence-electron chi connectivity index (χ0n) is 16.9. The number of thiazole rings is 1. The van der Waals surface area contributed by atoms with Crippen molar-refractivity contribution in [2.24, 2.45) is 4.99 Å². The number of esters is 1. The fraction of sp³-hybridized carbons (Fsp3) is 0.190. The minimum Gasteiger partial charge on any atom is -0.468 e. The predicted molar refractivity (Wildman–Crippen MR) is 120 cm³/mol. The molecule has 0 spiro atoms. The highest BCUT2D eigenvalue weighted by Gasteiger charge is 2.16. The number of non-ortho nitro benzene ring substituents is 1. The Labute approximate surface area is 184 Å². The van der Waals surface area contributed by atoms with Gasteiger partial charge in [0.1, 0.15) is 6.54 Å². The average molecular weight is 456 g/mol. The Bertz CT molecular complexity index is 1440. The van der Waals surface area contributed by atoms with Crippen molar-refractivity contribution in [3.63, 3.8) is 0 Å². The molecule has 0 saturated heterocycles. The second kappa shape index (κ2) is 8.05. The van der Waals surface area contributed by atoms with E-state index in [9.17, 15) is 19.7 Å². The third-order valence-corrected chi connectivity index (χ3v) is 7.08. The van der Waals surface area contributed by atoms with Crippen molar-refractivity contribution >= 4 is 60.5 Å². The summed E-state index contributed by atoms with van der Waals surface area (Å²) in [5.74, 6) is -0.913. The number of nitro benzene ring substituents is 1.